The molecule has 0 spiro atoms. The van der Waals surface area contributed by atoms with E-state index in [1.807, 2.05) is 0 Å². The Balaban J connectivity index is 2.07. The van der Waals surface area contributed by atoms with Crippen molar-refractivity contribution in [1.82, 2.24) is 5.32 Å². The van der Waals surface area contributed by atoms with Crippen LogP contribution in [0.1, 0.15) is 38.7 Å². The van der Waals surface area contributed by atoms with E-state index in [0.29, 0.717) is 0 Å². The van der Waals surface area contributed by atoms with Crippen molar-refractivity contribution in [2.45, 2.75) is 40.0 Å². The lowest BCUT2D eigenvalue weighted by atomic mass is 10.2. The van der Waals surface area contributed by atoms with Gasteiger partial charge in [0.1, 0.15) is 0 Å². The van der Waals surface area contributed by atoms with Gasteiger partial charge in [0.05, 0.1) is 0 Å². The fourth-order valence-corrected chi connectivity index (χ4v) is 2.09. The molecule has 1 aromatic carbocycles. The van der Waals surface area contributed by atoms with E-state index in [-0.39, 0.29) is 0 Å². The first-order chi connectivity index (χ1) is 9.09. The topological polar surface area (TPSA) is 15.3 Å². The molecule has 1 aromatic rings. The Bertz CT molecular complexity index is 330. The van der Waals surface area contributed by atoms with Gasteiger partial charge in [-0.25, -0.2) is 0 Å². The van der Waals surface area contributed by atoms with Crippen molar-refractivity contribution in [2.75, 3.05) is 31.6 Å². The molecule has 0 radical (unpaired) electrons. The summed E-state index contributed by atoms with van der Waals surface area (Å²) >= 11 is 0. The fraction of sp³-hybridized carbons (Fsp3) is 0.647. The normalized spacial score (nSPS) is 11.0. The molecule has 0 aliphatic carbocycles. The van der Waals surface area contributed by atoms with E-state index in [2.05, 4.69) is 62.3 Å². The largest absolute Gasteiger partial charge is 0.375 e. The second-order valence-corrected chi connectivity index (χ2v) is 5.92. The van der Waals surface area contributed by atoms with E-state index in [0.717, 1.165) is 25.6 Å². The van der Waals surface area contributed by atoms with Crippen molar-refractivity contribution in [1.29, 1.82) is 0 Å². The lowest BCUT2D eigenvalue weighted by molar-refractivity contribution is 0.530. The minimum Gasteiger partial charge on any atom is -0.375 e. The fourth-order valence-electron chi connectivity index (χ4n) is 2.09. The summed E-state index contributed by atoms with van der Waals surface area (Å²) in [6.45, 7) is 10.1. The van der Waals surface area contributed by atoms with Gasteiger partial charge in [-0.05, 0) is 50.9 Å². The first-order valence-corrected chi connectivity index (χ1v) is 7.58. The Morgan fingerprint density at radius 2 is 1.74 bits per heavy atom. The average molecular weight is 262 g/mol. The Labute approximate surface area is 119 Å². The van der Waals surface area contributed by atoms with Gasteiger partial charge in [-0.3, -0.25) is 0 Å². The minimum absolute atomic E-state index is 0.757. The van der Waals surface area contributed by atoms with Crippen LogP contribution >= 0.6 is 0 Å². The standard InChI is InChI=1S/C17H30N2/c1-15(2)14-18-12-6-5-7-13-19(4)17-10-8-16(3)9-11-17/h8-11,15,18H,5-7,12-14H2,1-4H3. The summed E-state index contributed by atoms with van der Waals surface area (Å²) in [7, 11) is 2.18. The summed E-state index contributed by atoms with van der Waals surface area (Å²) in [4.78, 5) is 2.35. The van der Waals surface area contributed by atoms with Gasteiger partial charge in [0.15, 0.2) is 0 Å². The monoisotopic (exact) mass is 262 g/mol. The number of hydrogen-bond donors (Lipinski definition) is 1. The number of aryl methyl sites for hydroxylation is 1. The summed E-state index contributed by atoms with van der Waals surface area (Å²) in [5.41, 5.74) is 2.65. The zero-order valence-electron chi connectivity index (χ0n) is 13.1. The van der Waals surface area contributed by atoms with Gasteiger partial charge in [-0.15, -0.1) is 0 Å². The van der Waals surface area contributed by atoms with Crippen LogP contribution in [0.5, 0.6) is 0 Å². The molecule has 0 saturated heterocycles. The molecule has 2 heteroatoms. The van der Waals surface area contributed by atoms with Crippen molar-refractivity contribution in [2.24, 2.45) is 5.92 Å². The molecule has 0 aromatic heterocycles. The summed E-state index contributed by atoms with van der Waals surface area (Å²) < 4.78 is 0. The first-order valence-electron chi connectivity index (χ1n) is 7.58. The highest BCUT2D eigenvalue weighted by Gasteiger charge is 2.00. The van der Waals surface area contributed by atoms with E-state index in [4.69, 9.17) is 0 Å². The lowest BCUT2D eigenvalue weighted by Gasteiger charge is -2.19. The molecule has 0 fully saturated rings. The van der Waals surface area contributed by atoms with Crippen molar-refractivity contribution in [3.05, 3.63) is 29.8 Å². The highest BCUT2D eigenvalue weighted by molar-refractivity contribution is 5.46. The van der Waals surface area contributed by atoms with E-state index in [1.54, 1.807) is 0 Å². The summed E-state index contributed by atoms with van der Waals surface area (Å²) in [5.74, 6) is 0.757. The van der Waals surface area contributed by atoms with E-state index >= 15 is 0 Å². The molecule has 0 amide bonds. The molecule has 0 bridgehead atoms. The second-order valence-electron chi connectivity index (χ2n) is 5.92. The predicted octanol–water partition coefficient (Wildman–Crippen LogP) is 3.85. The minimum atomic E-state index is 0.757. The van der Waals surface area contributed by atoms with E-state index in [1.165, 1.54) is 30.5 Å². The van der Waals surface area contributed by atoms with Crippen LogP contribution in [-0.4, -0.2) is 26.7 Å². The van der Waals surface area contributed by atoms with E-state index in [9.17, 15) is 0 Å². The van der Waals surface area contributed by atoms with Crippen molar-refractivity contribution in [3.8, 4) is 0 Å². The number of hydrogen-bond acceptors (Lipinski definition) is 2. The third kappa shape index (κ3) is 7.22. The molecule has 1 rings (SSSR count). The number of anilines is 1. The third-order valence-electron chi connectivity index (χ3n) is 3.37. The van der Waals surface area contributed by atoms with E-state index < -0.39 is 0 Å². The molecule has 1 N–H and O–H groups in total. The first kappa shape index (κ1) is 16.0. The number of nitrogens with one attached hydrogen (secondary N) is 1. The van der Waals surface area contributed by atoms with Gasteiger partial charge in [0.25, 0.3) is 0 Å². The number of unbranched alkanes of at least 4 members (excludes halogenated alkanes) is 2. The predicted molar refractivity (Wildman–Crippen MR) is 86.0 cm³/mol. The quantitative estimate of drug-likeness (QED) is 0.680. The molecule has 0 unspecified atom stereocenters. The van der Waals surface area contributed by atoms with Crippen LogP contribution in [0.2, 0.25) is 0 Å². The molecule has 0 aliphatic rings. The maximum absolute atomic E-state index is 3.50. The zero-order chi connectivity index (χ0) is 14.1. The molecule has 0 aliphatic heterocycles. The Hall–Kier alpha value is -1.02. The van der Waals surface area contributed by atoms with Gasteiger partial charge in [-0.1, -0.05) is 38.0 Å². The van der Waals surface area contributed by atoms with Gasteiger partial charge >= 0.3 is 0 Å². The maximum Gasteiger partial charge on any atom is 0.0363 e. The van der Waals surface area contributed by atoms with Gasteiger partial charge < -0.3 is 10.2 Å². The zero-order valence-corrected chi connectivity index (χ0v) is 13.1. The maximum atomic E-state index is 3.50. The average Bonchev–Trinajstić information content (AvgIpc) is 2.38. The molecular weight excluding hydrogens is 232 g/mol. The van der Waals surface area contributed by atoms with Crippen molar-refractivity contribution in [3.63, 3.8) is 0 Å². The molecule has 0 saturated carbocycles. The van der Waals surface area contributed by atoms with Gasteiger partial charge in [0, 0.05) is 19.3 Å². The van der Waals surface area contributed by atoms with Crippen LogP contribution in [0.4, 0.5) is 5.69 Å². The Kier molecular flexibility index (Phi) is 7.57. The molecule has 0 heterocycles. The smallest absolute Gasteiger partial charge is 0.0363 e. The summed E-state index contributed by atoms with van der Waals surface area (Å²) in [6.07, 6.45) is 3.86. The Morgan fingerprint density at radius 1 is 1.05 bits per heavy atom. The van der Waals surface area contributed by atoms with Gasteiger partial charge in [0.2, 0.25) is 0 Å². The molecular formula is C17H30N2. The second kappa shape index (κ2) is 8.98. The van der Waals surface area contributed by atoms with Crippen molar-refractivity contribution >= 4 is 5.69 Å². The van der Waals surface area contributed by atoms with Crippen LogP contribution < -0.4 is 10.2 Å². The molecule has 0 atom stereocenters. The summed E-state index contributed by atoms with van der Waals surface area (Å²) in [6, 6.07) is 8.78. The highest BCUT2D eigenvalue weighted by Crippen LogP contribution is 2.14. The Morgan fingerprint density at radius 3 is 2.37 bits per heavy atom. The number of benzene rings is 1. The van der Waals surface area contributed by atoms with Gasteiger partial charge in [-0.2, -0.15) is 0 Å². The van der Waals surface area contributed by atoms with Crippen LogP contribution in [0, 0.1) is 12.8 Å². The third-order valence-corrected chi connectivity index (χ3v) is 3.37. The van der Waals surface area contributed by atoms with Crippen LogP contribution in [0.3, 0.4) is 0 Å². The number of rotatable bonds is 9. The van der Waals surface area contributed by atoms with Crippen LogP contribution in [-0.2, 0) is 0 Å². The molecule has 19 heavy (non-hydrogen) atoms. The SMILES string of the molecule is Cc1ccc(N(C)CCCCCNCC(C)C)cc1. The molecule has 108 valence electrons. The summed E-state index contributed by atoms with van der Waals surface area (Å²) in [5, 5.41) is 3.50. The van der Waals surface area contributed by atoms with Crippen LogP contribution in [0.15, 0.2) is 24.3 Å². The van der Waals surface area contributed by atoms with Crippen molar-refractivity contribution < 1.29 is 0 Å². The van der Waals surface area contributed by atoms with Crippen LogP contribution in [0.25, 0.3) is 0 Å². The highest BCUT2D eigenvalue weighted by atomic mass is 15.1. The number of nitrogens with zero attached hydrogens (tertiary/aromatic N) is 1. The molecule has 2 nitrogen and oxygen atoms in total. The lowest BCUT2D eigenvalue weighted by Crippen LogP contribution is -2.21.